The molecule has 0 radical (unpaired) electrons. The zero-order valence-corrected chi connectivity index (χ0v) is 20.2. The lowest BCUT2D eigenvalue weighted by Crippen LogP contribution is -2.35. The Morgan fingerprint density at radius 1 is 1.23 bits per heavy atom. The Balaban J connectivity index is 1.44. The highest BCUT2D eigenvalue weighted by Gasteiger charge is 2.30. The van der Waals surface area contributed by atoms with Gasteiger partial charge in [0.25, 0.3) is 0 Å². The summed E-state index contributed by atoms with van der Waals surface area (Å²) in [6.45, 7) is 2.62. The van der Waals surface area contributed by atoms with Crippen molar-refractivity contribution in [3.8, 4) is 22.2 Å². The molecule has 3 heterocycles. The highest BCUT2D eigenvalue weighted by atomic mass is 32.1. The van der Waals surface area contributed by atoms with Crippen LogP contribution in [0, 0.1) is 12.7 Å². The number of carbonyl (C=O) groups excluding carboxylic acids is 1. The number of ether oxygens (including phenoxy) is 4. The van der Waals surface area contributed by atoms with E-state index in [1.807, 2.05) is 19.1 Å². The minimum atomic E-state index is -0.573. The van der Waals surface area contributed by atoms with E-state index in [0.717, 1.165) is 21.4 Å². The van der Waals surface area contributed by atoms with Crippen LogP contribution in [0.4, 0.5) is 9.18 Å². The largest absolute Gasteiger partial charge is 0.485 e. The maximum Gasteiger partial charge on any atom is 0.407 e. The van der Waals surface area contributed by atoms with Gasteiger partial charge >= 0.3 is 6.09 Å². The zero-order chi connectivity index (χ0) is 24.5. The van der Waals surface area contributed by atoms with Crippen LogP contribution in [0.5, 0.6) is 11.6 Å². The van der Waals surface area contributed by atoms with Crippen molar-refractivity contribution in [1.82, 2.24) is 20.3 Å². The summed E-state index contributed by atoms with van der Waals surface area (Å²) in [5.41, 5.74) is 4.50. The maximum absolute atomic E-state index is 14.9. The highest BCUT2D eigenvalue weighted by molar-refractivity contribution is 7.22. The summed E-state index contributed by atoms with van der Waals surface area (Å²) in [7, 11) is 3.07. The number of halogens is 1. The van der Waals surface area contributed by atoms with Crippen molar-refractivity contribution < 1.29 is 28.1 Å². The van der Waals surface area contributed by atoms with Gasteiger partial charge in [-0.25, -0.2) is 24.1 Å². The predicted octanol–water partition coefficient (Wildman–Crippen LogP) is 4.04. The van der Waals surface area contributed by atoms with Crippen molar-refractivity contribution >= 4 is 38.7 Å². The molecule has 0 spiro atoms. The first-order chi connectivity index (χ1) is 17.0. The standard InChI is InChI=1S/C24H23FN4O5S/c1-12-6-14(20-17(7-12)28-19(32-3)11-26-20)23-29-18-9-16(25)21-15(22(18)35-23)8-13(34-21)10-27-24(30)33-5-4-31-2/h6-7,9,11,13H,4-5,8,10H2,1-3H3,(H,27,30)/t13-/m0/s1. The molecule has 9 nitrogen and oxygen atoms in total. The van der Waals surface area contributed by atoms with E-state index < -0.39 is 18.0 Å². The number of thiazole rings is 1. The number of aryl methyl sites for hydroxylation is 1. The molecule has 1 aliphatic heterocycles. The maximum atomic E-state index is 14.9. The molecule has 0 saturated carbocycles. The van der Waals surface area contributed by atoms with Crippen molar-refractivity contribution in [2.45, 2.75) is 19.4 Å². The van der Waals surface area contributed by atoms with Gasteiger partial charge in [-0.15, -0.1) is 11.3 Å². The van der Waals surface area contributed by atoms with Gasteiger partial charge in [-0.1, -0.05) is 0 Å². The van der Waals surface area contributed by atoms with Gasteiger partial charge in [-0.05, 0) is 24.6 Å². The first-order valence-electron chi connectivity index (χ1n) is 11.0. The number of nitrogens with zero attached hydrogens (tertiary/aromatic N) is 3. The molecule has 1 atom stereocenters. The van der Waals surface area contributed by atoms with Crippen molar-refractivity contribution in [3.63, 3.8) is 0 Å². The molecule has 2 aromatic heterocycles. The lowest BCUT2D eigenvalue weighted by atomic mass is 10.1. The number of amides is 1. The fraction of sp³-hybridized carbons (Fsp3) is 0.333. The number of fused-ring (bicyclic) bond motifs is 4. The normalized spacial score (nSPS) is 14.7. The minimum absolute atomic E-state index is 0.151. The Kier molecular flexibility index (Phi) is 6.35. The number of aromatic nitrogens is 3. The van der Waals surface area contributed by atoms with Gasteiger partial charge in [0.1, 0.15) is 17.7 Å². The monoisotopic (exact) mass is 498 g/mol. The van der Waals surface area contributed by atoms with Gasteiger partial charge in [0, 0.05) is 30.7 Å². The van der Waals surface area contributed by atoms with Crippen LogP contribution in [-0.2, 0) is 15.9 Å². The van der Waals surface area contributed by atoms with Crippen molar-refractivity contribution in [3.05, 3.63) is 41.3 Å². The van der Waals surface area contributed by atoms with Crippen LogP contribution < -0.4 is 14.8 Å². The molecule has 0 bridgehead atoms. The quantitative estimate of drug-likeness (QED) is 0.381. The Morgan fingerprint density at radius 2 is 2.09 bits per heavy atom. The van der Waals surface area contributed by atoms with E-state index in [0.29, 0.717) is 40.5 Å². The molecule has 182 valence electrons. The molecule has 1 amide bonds. The fourth-order valence-electron chi connectivity index (χ4n) is 4.03. The third-order valence-electron chi connectivity index (χ3n) is 5.60. The topological polar surface area (TPSA) is 105 Å². The number of alkyl carbamates (subject to hydrolysis) is 1. The Bertz CT molecular complexity index is 1430. The van der Waals surface area contributed by atoms with E-state index in [1.54, 1.807) is 13.3 Å². The highest BCUT2D eigenvalue weighted by Crippen LogP contribution is 2.43. The molecule has 11 heteroatoms. The fourth-order valence-corrected chi connectivity index (χ4v) is 5.14. The lowest BCUT2D eigenvalue weighted by Gasteiger charge is -2.12. The molecular weight excluding hydrogens is 475 g/mol. The summed E-state index contributed by atoms with van der Waals surface area (Å²) in [6, 6.07) is 5.32. The molecule has 0 fully saturated rings. The van der Waals surface area contributed by atoms with E-state index in [9.17, 15) is 9.18 Å². The molecule has 1 N–H and O–H groups in total. The number of benzene rings is 2. The van der Waals surface area contributed by atoms with Crippen LogP contribution in [0.1, 0.15) is 11.1 Å². The van der Waals surface area contributed by atoms with Gasteiger partial charge in [-0.3, -0.25) is 0 Å². The van der Waals surface area contributed by atoms with Crippen LogP contribution in [-0.4, -0.2) is 61.1 Å². The first-order valence-corrected chi connectivity index (χ1v) is 11.8. The average molecular weight is 499 g/mol. The summed E-state index contributed by atoms with van der Waals surface area (Å²) < 4.78 is 36.6. The van der Waals surface area contributed by atoms with Crippen LogP contribution in [0.15, 0.2) is 24.4 Å². The Labute approximate surface area is 204 Å². The van der Waals surface area contributed by atoms with E-state index in [1.165, 1.54) is 24.5 Å². The van der Waals surface area contributed by atoms with Crippen LogP contribution >= 0.6 is 11.3 Å². The third-order valence-corrected chi connectivity index (χ3v) is 6.77. The molecular formula is C24H23FN4O5S. The van der Waals surface area contributed by atoms with Gasteiger partial charge in [-0.2, -0.15) is 0 Å². The van der Waals surface area contributed by atoms with Gasteiger partial charge < -0.3 is 24.3 Å². The molecule has 2 aromatic carbocycles. The summed E-state index contributed by atoms with van der Waals surface area (Å²) in [6.07, 6.45) is 1.02. The average Bonchev–Trinajstić information content (AvgIpc) is 3.46. The van der Waals surface area contributed by atoms with E-state index >= 15 is 0 Å². The van der Waals surface area contributed by atoms with Crippen LogP contribution in [0.3, 0.4) is 0 Å². The van der Waals surface area contributed by atoms with E-state index in [-0.39, 0.29) is 18.9 Å². The number of nitrogens with one attached hydrogen (secondary N) is 1. The molecule has 0 aliphatic carbocycles. The van der Waals surface area contributed by atoms with Crippen molar-refractivity contribution in [2.75, 3.05) is 34.0 Å². The molecule has 4 aromatic rings. The second-order valence-electron chi connectivity index (χ2n) is 8.08. The van der Waals surface area contributed by atoms with Gasteiger partial charge in [0.15, 0.2) is 11.6 Å². The second kappa shape index (κ2) is 9.59. The second-order valence-corrected chi connectivity index (χ2v) is 9.08. The number of carbonyl (C=O) groups is 1. The van der Waals surface area contributed by atoms with Crippen LogP contribution in [0.2, 0.25) is 0 Å². The lowest BCUT2D eigenvalue weighted by molar-refractivity contribution is 0.0959. The summed E-state index contributed by atoms with van der Waals surface area (Å²) in [4.78, 5) is 25.6. The summed E-state index contributed by atoms with van der Waals surface area (Å²) >= 11 is 1.46. The number of rotatable bonds is 7. The smallest absolute Gasteiger partial charge is 0.407 e. The van der Waals surface area contributed by atoms with Gasteiger partial charge in [0.05, 0.1) is 47.7 Å². The SMILES string of the molecule is COCCOC(=O)NC[C@@H]1Cc2c(c(F)cc3nc(-c4cc(C)cc5nc(OC)cnc45)sc23)O1. The van der Waals surface area contributed by atoms with E-state index in [2.05, 4.69) is 15.3 Å². The zero-order valence-electron chi connectivity index (χ0n) is 19.4. The van der Waals surface area contributed by atoms with Crippen molar-refractivity contribution in [1.29, 1.82) is 0 Å². The predicted molar refractivity (Wildman–Crippen MR) is 129 cm³/mol. The Hall–Kier alpha value is -3.57. The third kappa shape index (κ3) is 4.56. The summed E-state index contributed by atoms with van der Waals surface area (Å²) in [5, 5.41) is 3.36. The molecule has 0 saturated heterocycles. The van der Waals surface area contributed by atoms with Gasteiger partial charge in [0.2, 0.25) is 5.88 Å². The molecule has 0 unspecified atom stereocenters. The van der Waals surface area contributed by atoms with E-state index in [4.69, 9.17) is 23.9 Å². The first kappa shape index (κ1) is 23.2. The minimum Gasteiger partial charge on any atom is -0.485 e. The Morgan fingerprint density at radius 3 is 2.89 bits per heavy atom. The molecule has 5 rings (SSSR count). The number of hydrogen-bond acceptors (Lipinski definition) is 9. The summed E-state index contributed by atoms with van der Waals surface area (Å²) in [5.74, 6) is 0.150. The number of methoxy groups -OCH3 is 2. The number of hydrogen-bond donors (Lipinski definition) is 1. The molecule has 35 heavy (non-hydrogen) atoms. The van der Waals surface area contributed by atoms with Crippen molar-refractivity contribution in [2.24, 2.45) is 0 Å². The molecule has 1 aliphatic rings. The van der Waals surface area contributed by atoms with Crippen LogP contribution in [0.25, 0.3) is 31.8 Å².